The Kier molecular flexibility index (Phi) is 4.65. The van der Waals surface area contributed by atoms with E-state index in [-0.39, 0.29) is 0 Å². The highest BCUT2D eigenvalue weighted by Crippen LogP contribution is 2.02. The van der Waals surface area contributed by atoms with Crippen LogP contribution in [0.5, 0.6) is 0 Å². The number of aliphatic imine (C=N–C) groups is 1. The average molecular weight is 169 g/mol. The summed E-state index contributed by atoms with van der Waals surface area (Å²) in [6.07, 6.45) is 1.04. The van der Waals surface area contributed by atoms with Gasteiger partial charge >= 0.3 is 5.97 Å². The molecular weight excluding hydrogens is 158 g/mol. The first-order valence-electron chi connectivity index (χ1n) is 3.57. The van der Waals surface area contributed by atoms with Crippen LogP contribution in [0, 0.1) is 0 Å². The molecule has 0 heterocycles. The van der Waals surface area contributed by atoms with Gasteiger partial charge in [0.2, 0.25) is 12.3 Å². The third-order valence-corrected chi connectivity index (χ3v) is 1.23. The molecule has 0 saturated heterocycles. The Balaban J connectivity index is 4.00. The number of nitrogens with zero attached hydrogens (tertiary/aromatic N) is 1. The number of hydrogen-bond donors (Lipinski definition) is 0. The van der Waals surface area contributed by atoms with Crippen molar-refractivity contribution in [2.24, 2.45) is 4.99 Å². The van der Waals surface area contributed by atoms with Gasteiger partial charge in [0.05, 0.1) is 0 Å². The first kappa shape index (κ1) is 10.6. The highest BCUT2D eigenvalue weighted by atomic mass is 16.6. The van der Waals surface area contributed by atoms with E-state index in [2.05, 4.69) is 16.3 Å². The van der Waals surface area contributed by atoms with Gasteiger partial charge in [0.1, 0.15) is 0 Å². The van der Waals surface area contributed by atoms with Crippen molar-refractivity contribution in [3.8, 4) is 0 Å². The third-order valence-electron chi connectivity index (χ3n) is 1.23. The smallest absolute Gasteiger partial charge is 0.335 e. The van der Waals surface area contributed by atoms with Crippen LogP contribution in [0.1, 0.15) is 20.3 Å². The second kappa shape index (κ2) is 5.27. The fraction of sp³-hybridized carbons (Fsp3) is 0.500. The molecule has 0 radical (unpaired) electrons. The predicted molar refractivity (Wildman–Crippen MR) is 43.1 cm³/mol. The molecule has 0 amide bonds. The Morgan fingerprint density at radius 2 is 2.33 bits per heavy atom. The molecule has 0 aliphatic carbocycles. The lowest BCUT2D eigenvalue weighted by Crippen LogP contribution is -2.13. The second-order valence-electron chi connectivity index (χ2n) is 2.18. The average Bonchev–Trinajstić information content (AvgIpc) is 2.03. The van der Waals surface area contributed by atoms with E-state index in [1.165, 1.54) is 13.0 Å². The number of rotatable bonds is 4. The van der Waals surface area contributed by atoms with Crippen LogP contribution in [-0.4, -0.2) is 18.3 Å². The SMILES string of the molecule is C=C(CC)C(=O)OC(C)N=C=O. The molecule has 0 saturated carbocycles. The molecule has 0 aromatic carbocycles. The molecule has 0 aromatic rings. The largest absolute Gasteiger partial charge is 0.436 e. The molecule has 1 unspecified atom stereocenters. The summed E-state index contributed by atoms with van der Waals surface area (Å²) in [7, 11) is 0. The normalized spacial score (nSPS) is 11.2. The molecule has 0 fully saturated rings. The van der Waals surface area contributed by atoms with Gasteiger partial charge < -0.3 is 4.74 Å². The number of carbonyl (C=O) groups is 1. The molecule has 0 bridgehead atoms. The Bertz CT molecular complexity index is 228. The van der Waals surface area contributed by atoms with Crippen molar-refractivity contribution in [1.29, 1.82) is 0 Å². The summed E-state index contributed by atoms with van der Waals surface area (Å²) in [6, 6.07) is 0. The molecule has 0 aliphatic heterocycles. The van der Waals surface area contributed by atoms with Crippen molar-refractivity contribution in [1.82, 2.24) is 0 Å². The standard InChI is InChI=1S/C8H11NO3/c1-4-6(2)8(11)12-7(3)9-5-10/h7H,2,4H2,1,3H3. The zero-order valence-corrected chi connectivity index (χ0v) is 7.16. The summed E-state index contributed by atoms with van der Waals surface area (Å²) in [5.41, 5.74) is 0.364. The summed E-state index contributed by atoms with van der Waals surface area (Å²) in [5, 5.41) is 0. The molecule has 4 nitrogen and oxygen atoms in total. The Morgan fingerprint density at radius 3 is 2.75 bits per heavy atom. The van der Waals surface area contributed by atoms with E-state index in [0.29, 0.717) is 12.0 Å². The highest BCUT2D eigenvalue weighted by molar-refractivity contribution is 5.87. The van der Waals surface area contributed by atoms with Gasteiger partial charge in [-0.3, -0.25) is 0 Å². The quantitative estimate of drug-likeness (QED) is 0.275. The van der Waals surface area contributed by atoms with Crippen LogP contribution in [0.4, 0.5) is 0 Å². The molecule has 0 aromatic heterocycles. The zero-order valence-electron chi connectivity index (χ0n) is 7.16. The van der Waals surface area contributed by atoms with Crippen molar-refractivity contribution in [2.75, 3.05) is 0 Å². The predicted octanol–water partition coefficient (Wildman–Crippen LogP) is 1.18. The monoisotopic (exact) mass is 169 g/mol. The van der Waals surface area contributed by atoms with E-state index >= 15 is 0 Å². The molecular formula is C8H11NO3. The van der Waals surface area contributed by atoms with Crippen molar-refractivity contribution in [2.45, 2.75) is 26.5 Å². The van der Waals surface area contributed by atoms with Gasteiger partial charge in [-0.05, 0) is 13.3 Å². The van der Waals surface area contributed by atoms with Gasteiger partial charge in [-0.15, -0.1) is 0 Å². The van der Waals surface area contributed by atoms with Crippen LogP contribution >= 0.6 is 0 Å². The summed E-state index contributed by atoms with van der Waals surface area (Å²) < 4.78 is 4.68. The van der Waals surface area contributed by atoms with Crippen LogP contribution in [0.3, 0.4) is 0 Å². The highest BCUT2D eigenvalue weighted by Gasteiger charge is 2.09. The summed E-state index contributed by atoms with van der Waals surface area (Å²) in [6.45, 7) is 6.74. The van der Waals surface area contributed by atoms with Crippen molar-refractivity contribution in [3.05, 3.63) is 12.2 Å². The number of ether oxygens (including phenoxy) is 1. The number of carbonyl (C=O) groups excluding carboxylic acids is 2. The van der Waals surface area contributed by atoms with E-state index < -0.39 is 12.2 Å². The Hall–Kier alpha value is -1.41. The molecule has 4 heteroatoms. The third kappa shape index (κ3) is 3.68. The summed E-state index contributed by atoms with van der Waals surface area (Å²) >= 11 is 0. The number of hydrogen-bond acceptors (Lipinski definition) is 4. The van der Waals surface area contributed by atoms with Crippen LogP contribution in [0.15, 0.2) is 17.1 Å². The Morgan fingerprint density at radius 1 is 1.75 bits per heavy atom. The lowest BCUT2D eigenvalue weighted by atomic mass is 10.2. The second-order valence-corrected chi connectivity index (χ2v) is 2.18. The van der Waals surface area contributed by atoms with E-state index in [1.54, 1.807) is 6.92 Å². The minimum atomic E-state index is -0.779. The van der Waals surface area contributed by atoms with Crippen LogP contribution in [-0.2, 0) is 14.3 Å². The van der Waals surface area contributed by atoms with Gasteiger partial charge in [-0.1, -0.05) is 13.5 Å². The molecule has 0 rings (SSSR count). The molecule has 12 heavy (non-hydrogen) atoms. The van der Waals surface area contributed by atoms with Gasteiger partial charge in [-0.25, -0.2) is 9.59 Å². The van der Waals surface area contributed by atoms with E-state index in [9.17, 15) is 9.59 Å². The fourth-order valence-electron chi connectivity index (χ4n) is 0.483. The van der Waals surface area contributed by atoms with Gasteiger partial charge in [0.15, 0.2) is 0 Å². The minimum absolute atomic E-state index is 0.364. The van der Waals surface area contributed by atoms with Gasteiger partial charge in [0.25, 0.3) is 0 Å². The van der Waals surface area contributed by atoms with Crippen LogP contribution in [0.2, 0.25) is 0 Å². The lowest BCUT2D eigenvalue weighted by Gasteiger charge is -2.06. The lowest BCUT2D eigenvalue weighted by molar-refractivity contribution is -0.143. The molecule has 0 N–H and O–H groups in total. The maximum Gasteiger partial charge on any atom is 0.335 e. The topological polar surface area (TPSA) is 55.7 Å². The van der Waals surface area contributed by atoms with Crippen molar-refractivity contribution in [3.63, 3.8) is 0 Å². The first-order valence-corrected chi connectivity index (χ1v) is 3.57. The van der Waals surface area contributed by atoms with Crippen LogP contribution in [0.25, 0.3) is 0 Å². The van der Waals surface area contributed by atoms with Crippen LogP contribution < -0.4 is 0 Å². The molecule has 0 aliphatic rings. The number of esters is 1. The van der Waals surface area contributed by atoms with Gasteiger partial charge in [-0.2, -0.15) is 4.99 Å². The van der Waals surface area contributed by atoms with E-state index in [1.807, 2.05) is 0 Å². The summed E-state index contributed by atoms with van der Waals surface area (Å²) in [5.74, 6) is -0.524. The van der Waals surface area contributed by atoms with Gasteiger partial charge in [0, 0.05) is 5.57 Å². The minimum Gasteiger partial charge on any atom is -0.436 e. The maximum atomic E-state index is 10.9. The van der Waals surface area contributed by atoms with Crippen molar-refractivity contribution >= 4 is 12.0 Å². The molecule has 0 spiro atoms. The van der Waals surface area contributed by atoms with Crippen molar-refractivity contribution < 1.29 is 14.3 Å². The fourth-order valence-corrected chi connectivity index (χ4v) is 0.483. The summed E-state index contributed by atoms with van der Waals surface area (Å²) in [4.78, 5) is 23.9. The Labute approximate surface area is 70.9 Å². The maximum absolute atomic E-state index is 10.9. The van der Waals surface area contributed by atoms with E-state index in [4.69, 9.17) is 0 Å². The first-order chi connectivity index (χ1) is 5.61. The number of isocyanates is 1. The molecule has 66 valence electrons. The van der Waals surface area contributed by atoms with E-state index in [0.717, 1.165) is 0 Å². The zero-order chi connectivity index (χ0) is 9.56. The molecule has 1 atom stereocenters.